The summed E-state index contributed by atoms with van der Waals surface area (Å²) in [6.45, 7) is 6.46. The Morgan fingerprint density at radius 1 is 1.03 bits per heavy atom. The van der Waals surface area contributed by atoms with Crippen molar-refractivity contribution >= 4 is 11.9 Å². The van der Waals surface area contributed by atoms with Gasteiger partial charge >= 0.3 is 6.03 Å². The molecule has 0 spiro atoms. The molecule has 1 heterocycles. The number of hydrogen-bond donors (Lipinski definition) is 2. The Labute approximate surface area is 207 Å². The SMILES string of the molecule is CCOc1ccc([C@@H](C)NC(=O)NCc2ccccc2-c2ccc(CN3CCCC3=O)cc2)cc1. The van der Waals surface area contributed by atoms with Crippen LogP contribution in [0, 0.1) is 0 Å². The molecule has 0 aromatic heterocycles. The van der Waals surface area contributed by atoms with Gasteiger partial charge in [-0.05, 0) is 60.2 Å². The molecule has 0 aliphatic carbocycles. The fourth-order valence-electron chi connectivity index (χ4n) is 4.36. The molecule has 6 nitrogen and oxygen atoms in total. The minimum absolute atomic E-state index is 0.129. The molecule has 0 bridgehead atoms. The second kappa shape index (κ2) is 11.6. The first kappa shape index (κ1) is 24.3. The highest BCUT2D eigenvalue weighted by Gasteiger charge is 2.20. The van der Waals surface area contributed by atoms with E-state index in [0.717, 1.165) is 46.5 Å². The minimum Gasteiger partial charge on any atom is -0.494 e. The summed E-state index contributed by atoms with van der Waals surface area (Å²) in [6, 6.07) is 23.8. The Morgan fingerprint density at radius 3 is 2.46 bits per heavy atom. The van der Waals surface area contributed by atoms with Gasteiger partial charge in [0.25, 0.3) is 0 Å². The highest BCUT2D eigenvalue weighted by atomic mass is 16.5. The molecule has 35 heavy (non-hydrogen) atoms. The maximum Gasteiger partial charge on any atom is 0.315 e. The lowest BCUT2D eigenvalue weighted by Gasteiger charge is -2.17. The first-order chi connectivity index (χ1) is 17.0. The largest absolute Gasteiger partial charge is 0.494 e. The van der Waals surface area contributed by atoms with Gasteiger partial charge in [0, 0.05) is 26.1 Å². The van der Waals surface area contributed by atoms with E-state index < -0.39 is 0 Å². The Balaban J connectivity index is 1.35. The first-order valence-electron chi connectivity index (χ1n) is 12.3. The number of carbonyl (C=O) groups is 2. The molecule has 6 heteroatoms. The molecular weight excluding hydrogens is 438 g/mol. The van der Waals surface area contributed by atoms with E-state index in [4.69, 9.17) is 4.74 Å². The molecule has 2 N–H and O–H groups in total. The number of hydrogen-bond acceptors (Lipinski definition) is 3. The van der Waals surface area contributed by atoms with Gasteiger partial charge in [0.1, 0.15) is 5.75 Å². The van der Waals surface area contributed by atoms with Crippen LogP contribution in [0.2, 0.25) is 0 Å². The first-order valence-corrected chi connectivity index (χ1v) is 12.3. The lowest BCUT2D eigenvalue weighted by Crippen LogP contribution is -2.36. The Hall–Kier alpha value is -3.80. The summed E-state index contributed by atoms with van der Waals surface area (Å²) in [5, 5.41) is 5.99. The van der Waals surface area contributed by atoms with Gasteiger partial charge in [-0.15, -0.1) is 0 Å². The van der Waals surface area contributed by atoms with E-state index in [1.807, 2.05) is 61.2 Å². The van der Waals surface area contributed by atoms with Gasteiger partial charge in [-0.3, -0.25) is 4.79 Å². The van der Waals surface area contributed by atoms with E-state index in [0.29, 0.717) is 26.1 Å². The molecule has 3 amide bonds. The number of nitrogens with zero attached hydrogens (tertiary/aromatic N) is 1. The summed E-state index contributed by atoms with van der Waals surface area (Å²) in [5.41, 5.74) is 5.35. The van der Waals surface area contributed by atoms with E-state index in [-0.39, 0.29) is 18.0 Å². The summed E-state index contributed by atoms with van der Waals surface area (Å²) in [4.78, 5) is 26.4. The lowest BCUT2D eigenvalue weighted by molar-refractivity contribution is -0.128. The molecule has 1 atom stereocenters. The Kier molecular flexibility index (Phi) is 8.03. The molecular formula is C29H33N3O3. The Morgan fingerprint density at radius 2 is 1.77 bits per heavy atom. The van der Waals surface area contributed by atoms with E-state index >= 15 is 0 Å². The fourth-order valence-corrected chi connectivity index (χ4v) is 4.36. The molecule has 0 radical (unpaired) electrons. The van der Waals surface area contributed by atoms with E-state index in [9.17, 15) is 9.59 Å². The molecule has 1 fully saturated rings. The third-order valence-electron chi connectivity index (χ3n) is 6.31. The fraction of sp³-hybridized carbons (Fsp3) is 0.310. The van der Waals surface area contributed by atoms with E-state index in [1.54, 1.807) is 0 Å². The number of likely N-dealkylation sites (tertiary alicyclic amines) is 1. The Bertz CT molecular complexity index is 1140. The molecule has 1 saturated heterocycles. The smallest absolute Gasteiger partial charge is 0.315 e. The van der Waals surface area contributed by atoms with Crippen molar-refractivity contribution in [1.29, 1.82) is 0 Å². The van der Waals surface area contributed by atoms with Gasteiger partial charge in [-0.2, -0.15) is 0 Å². The third-order valence-corrected chi connectivity index (χ3v) is 6.31. The summed E-state index contributed by atoms with van der Waals surface area (Å²) in [7, 11) is 0. The van der Waals surface area contributed by atoms with Crippen LogP contribution in [0.4, 0.5) is 4.79 Å². The second-order valence-corrected chi connectivity index (χ2v) is 8.82. The number of urea groups is 1. The van der Waals surface area contributed by atoms with Gasteiger partial charge in [0.15, 0.2) is 0 Å². The zero-order valence-electron chi connectivity index (χ0n) is 20.4. The van der Waals surface area contributed by atoms with Crippen LogP contribution in [0.25, 0.3) is 11.1 Å². The molecule has 182 valence electrons. The van der Waals surface area contributed by atoms with Crippen molar-refractivity contribution in [3.05, 3.63) is 89.5 Å². The monoisotopic (exact) mass is 471 g/mol. The van der Waals surface area contributed by atoms with Gasteiger partial charge in [-0.25, -0.2) is 4.79 Å². The van der Waals surface area contributed by atoms with Gasteiger partial charge in [0.05, 0.1) is 12.6 Å². The highest BCUT2D eigenvalue weighted by molar-refractivity contribution is 5.78. The van der Waals surface area contributed by atoms with Gasteiger partial charge in [-0.1, -0.05) is 60.7 Å². The highest BCUT2D eigenvalue weighted by Crippen LogP contribution is 2.25. The summed E-state index contributed by atoms with van der Waals surface area (Å²) >= 11 is 0. The van der Waals surface area contributed by atoms with Crippen LogP contribution in [0.5, 0.6) is 5.75 Å². The van der Waals surface area contributed by atoms with Crippen LogP contribution >= 0.6 is 0 Å². The number of carbonyl (C=O) groups excluding carboxylic acids is 2. The molecule has 1 aliphatic rings. The second-order valence-electron chi connectivity index (χ2n) is 8.82. The van der Waals surface area contributed by atoms with Crippen LogP contribution < -0.4 is 15.4 Å². The molecule has 0 saturated carbocycles. The normalized spacial score (nSPS) is 14.0. The molecule has 1 aliphatic heterocycles. The zero-order chi connectivity index (χ0) is 24.6. The van der Waals surface area contributed by atoms with Crippen LogP contribution in [-0.2, 0) is 17.9 Å². The number of benzene rings is 3. The quantitative estimate of drug-likeness (QED) is 0.437. The van der Waals surface area contributed by atoms with Crippen molar-refractivity contribution < 1.29 is 14.3 Å². The summed E-state index contributed by atoms with van der Waals surface area (Å²) in [5.74, 6) is 1.06. The molecule has 3 aromatic rings. The number of rotatable bonds is 9. The van der Waals surface area contributed by atoms with Crippen molar-refractivity contribution in [2.24, 2.45) is 0 Å². The number of amides is 3. The molecule has 4 rings (SSSR count). The van der Waals surface area contributed by atoms with Crippen molar-refractivity contribution in [3.8, 4) is 16.9 Å². The van der Waals surface area contributed by atoms with Crippen molar-refractivity contribution in [2.45, 2.75) is 45.8 Å². The van der Waals surface area contributed by atoms with Crippen LogP contribution in [0.1, 0.15) is 49.4 Å². The maximum absolute atomic E-state index is 12.6. The minimum atomic E-state index is -0.216. The number of ether oxygens (including phenoxy) is 1. The van der Waals surface area contributed by atoms with Gasteiger partial charge in [0.2, 0.25) is 5.91 Å². The maximum atomic E-state index is 12.6. The topological polar surface area (TPSA) is 70.7 Å². The van der Waals surface area contributed by atoms with Crippen molar-refractivity contribution in [2.75, 3.05) is 13.2 Å². The zero-order valence-corrected chi connectivity index (χ0v) is 20.4. The average Bonchev–Trinajstić information content (AvgIpc) is 3.28. The summed E-state index contributed by atoms with van der Waals surface area (Å²) in [6.07, 6.45) is 1.61. The van der Waals surface area contributed by atoms with E-state index in [2.05, 4.69) is 41.0 Å². The predicted molar refractivity (Wildman–Crippen MR) is 138 cm³/mol. The van der Waals surface area contributed by atoms with Crippen molar-refractivity contribution in [1.82, 2.24) is 15.5 Å². The lowest BCUT2D eigenvalue weighted by atomic mass is 9.98. The van der Waals surface area contributed by atoms with E-state index in [1.165, 1.54) is 0 Å². The number of nitrogens with one attached hydrogen (secondary N) is 2. The molecule has 0 unspecified atom stereocenters. The van der Waals surface area contributed by atoms with Crippen molar-refractivity contribution in [3.63, 3.8) is 0 Å². The third kappa shape index (κ3) is 6.41. The van der Waals surface area contributed by atoms with Crippen LogP contribution in [0.3, 0.4) is 0 Å². The summed E-state index contributed by atoms with van der Waals surface area (Å²) < 4.78 is 5.48. The molecule has 3 aromatic carbocycles. The van der Waals surface area contributed by atoms with Crippen LogP contribution in [-0.4, -0.2) is 30.0 Å². The van der Waals surface area contributed by atoms with Gasteiger partial charge < -0.3 is 20.3 Å². The predicted octanol–water partition coefficient (Wildman–Crippen LogP) is 5.44. The van der Waals surface area contributed by atoms with Crippen LogP contribution in [0.15, 0.2) is 72.8 Å². The standard InChI is InChI=1S/C29H33N3O3/c1-3-35-26-16-14-23(15-17-26)21(2)31-29(34)30-19-25-7-4-5-8-27(25)24-12-10-22(11-13-24)20-32-18-6-9-28(32)33/h4-5,7-8,10-17,21H,3,6,9,18-20H2,1-2H3,(H2,30,31,34)/t21-/m1/s1. The average molecular weight is 472 g/mol.